The number of hydrogen-bond donors (Lipinski definition) is 0. The topological polar surface area (TPSA) is 38.7 Å². The molecule has 3 nitrogen and oxygen atoms in total. The van der Waals surface area contributed by atoms with E-state index < -0.39 is 0 Å². The van der Waals surface area contributed by atoms with Crippen molar-refractivity contribution >= 4 is 6.08 Å². The van der Waals surface area contributed by atoms with Crippen molar-refractivity contribution in [1.82, 2.24) is 0 Å². The Balaban J connectivity index is 3.26. The van der Waals surface area contributed by atoms with E-state index >= 15 is 0 Å². The molecule has 0 rings (SSSR count). The van der Waals surface area contributed by atoms with E-state index in [0.29, 0.717) is 13.2 Å². The van der Waals surface area contributed by atoms with Gasteiger partial charge in [0.1, 0.15) is 0 Å². The van der Waals surface area contributed by atoms with E-state index in [4.69, 9.17) is 4.74 Å². The van der Waals surface area contributed by atoms with Crippen molar-refractivity contribution in [2.24, 2.45) is 4.99 Å². The number of rotatable bonds is 4. The first-order valence-corrected chi connectivity index (χ1v) is 2.96. The number of hydrogen-bond acceptors (Lipinski definition) is 3. The van der Waals surface area contributed by atoms with Crippen LogP contribution in [0.3, 0.4) is 0 Å². The predicted molar refractivity (Wildman–Crippen MR) is 34.1 cm³/mol. The van der Waals surface area contributed by atoms with Crippen molar-refractivity contribution in [3.8, 4) is 0 Å². The van der Waals surface area contributed by atoms with Crippen molar-refractivity contribution in [2.45, 2.75) is 19.9 Å². The maximum absolute atomic E-state index is 9.63. The Morgan fingerprint density at radius 2 is 2.44 bits per heavy atom. The van der Waals surface area contributed by atoms with Gasteiger partial charge < -0.3 is 4.74 Å². The molecule has 3 heteroatoms. The fourth-order valence-corrected chi connectivity index (χ4v) is 0.416. The van der Waals surface area contributed by atoms with E-state index in [9.17, 15) is 4.79 Å². The first kappa shape index (κ1) is 8.34. The van der Waals surface area contributed by atoms with Crippen LogP contribution in [0.5, 0.6) is 0 Å². The number of isocyanates is 1. The zero-order chi connectivity index (χ0) is 7.11. The number of aliphatic imine (C=N–C) groups is 1. The fourth-order valence-electron chi connectivity index (χ4n) is 0.416. The first-order valence-electron chi connectivity index (χ1n) is 2.96. The van der Waals surface area contributed by atoms with Gasteiger partial charge in [0.05, 0.1) is 12.6 Å². The van der Waals surface area contributed by atoms with Crippen LogP contribution in [0.1, 0.15) is 13.8 Å². The molecule has 0 unspecified atom stereocenters. The van der Waals surface area contributed by atoms with Gasteiger partial charge in [-0.05, 0) is 13.8 Å². The minimum absolute atomic E-state index is 0.0533. The van der Waals surface area contributed by atoms with Crippen LogP contribution < -0.4 is 0 Å². The van der Waals surface area contributed by atoms with Gasteiger partial charge in [0.25, 0.3) is 0 Å². The Morgan fingerprint density at radius 1 is 1.78 bits per heavy atom. The molecule has 52 valence electrons. The number of carbonyl (C=O) groups excluding carboxylic acids is 1. The van der Waals surface area contributed by atoms with Crippen LogP contribution in [0.25, 0.3) is 0 Å². The van der Waals surface area contributed by atoms with Gasteiger partial charge in [-0.1, -0.05) is 0 Å². The zero-order valence-electron chi connectivity index (χ0n) is 5.76. The van der Waals surface area contributed by atoms with Crippen LogP contribution in [0, 0.1) is 0 Å². The van der Waals surface area contributed by atoms with Gasteiger partial charge in [-0.25, -0.2) is 9.79 Å². The molecule has 0 amide bonds. The molecule has 0 aliphatic rings. The summed E-state index contributed by atoms with van der Waals surface area (Å²) in [5, 5.41) is 0. The van der Waals surface area contributed by atoms with Crippen molar-refractivity contribution in [1.29, 1.82) is 0 Å². The second-order valence-corrected chi connectivity index (χ2v) is 1.73. The smallest absolute Gasteiger partial charge is 0.235 e. The highest BCUT2D eigenvalue weighted by Gasteiger charge is 1.95. The summed E-state index contributed by atoms with van der Waals surface area (Å²) in [5.74, 6) is 0. The van der Waals surface area contributed by atoms with Gasteiger partial charge in [0.2, 0.25) is 6.08 Å². The highest BCUT2D eigenvalue weighted by atomic mass is 16.5. The summed E-state index contributed by atoms with van der Waals surface area (Å²) in [5.41, 5.74) is 0. The predicted octanol–water partition coefficient (Wildman–Crippen LogP) is 0.747. The van der Waals surface area contributed by atoms with Crippen LogP contribution in [-0.4, -0.2) is 25.3 Å². The van der Waals surface area contributed by atoms with Gasteiger partial charge >= 0.3 is 0 Å². The molecule has 0 spiro atoms. The largest absolute Gasteiger partial charge is 0.379 e. The summed E-state index contributed by atoms with van der Waals surface area (Å²) in [6.07, 6.45) is 1.47. The molecule has 0 aliphatic carbocycles. The van der Waals surface area contributed by atoms with Gasteiger partial charge in [-0.2, -0.15) is 0 Å². The Kier molecular flexibility index (Phi) is 5.07. The van der Waals surface area contributed by atoms with Crippen LogP contribution in [-0.2, 0) is 9.53 Å². The maximum Gasteiger partial charge on any atom is 0.235 e. The van der Waals surface area contributed by atoms with E-state index in [1.54, 1.807) is 6.92 Å². The average molecular weight is 129 g/mol. The molecule has 0 saturated carbocycles. The molecular formula is C6H11NO2. The first-order chi connectivity index (χ1) is 4.31. The third-order valence-electron chi connectivity index (χ3n) is 0.836. The van der Waals surface area contributed by atoms with E-state index in [-0.39, 0.29) is 6.04 Å². The second-order valence-electron chi connectivity index (χ2n) is 1.73. The van der Waals surface area contributed by atoms with Crippen molar-refractivity contribution < 1.29 is 9.53 Å². The van der Waals surface area contributed by atoms with Gasteiger partial charge in [0, 0.05) is 6.61 Å². The lowest BCUT2D eigenvalue weighted by Gasteiger charge is -2.01. The van der Waals surface area contributed by atoms with Gasteiger partial charge in [-0.15, -0.1) is 0 Å². The summed E-state index contributed by atoms with van der Waals surface area (Å²) < 4.78 is 4.98. The van der Waals surface area contributed by atoms with Crippen LogP contribution in [0.15, 0.2) is 4.99 Å². The highest BCUT2D eigenvalue weighted by Crippen LogP contribution is 1.87. The third kappa shape index (κ3) is 5.21. The Hall–Kier alpha value is -0.660. The van der Waals surface area contributed by atoms with Crippen LogP contribution in [0.2, 0.25) is 0 Å². The van der Waals surface area contributed by atoms with Crippen molar-refractivity contribution in [3.63, 3.8) is 0 Å². The number of ether oxygens (including phenoxy) is 1. The lowest BCUT2D eigenvalue weighted by molar-refractivity contribution is 0.137. The van der Waals surface area contributed by atoms with Crippen molar-refractivity contribution in [3.05, 3.63) is 0 Å². The summed E-state index contributed by atoms with van der Waals surface area (Å²) in [6, 6.07) is -0.0533. The average Bonchev–Trinajstić information content (AvgIpc) is 1.85. The van der Waals surface area contributed by atoms with Crippen molar-refractivity contribution in [2.75, 3.05) is 13.2 Å². The molecule has 0 aliphatic heterocycles. The maximum atomic E-state index is 9.63. The minimum atomic E-state index is -0.0533. The quantitative estimate of drug-likeness (QED) is 0.415. The highest BCUT2D eigenvalue weighted by molar-refractivity contribution is 5.33. The summed E-state index contributed by atoms with van der Waals surface area (Å²) in [4.78, 5) is 13.1. The SMILES string of the molecule is CCOC[C@H](C)N=C=O. The van der Waals surface area contributed by atoms with E-state index in [1.165, 1.54) is 6.08 Å². The van der Waals surface area contributed by atoms with E-state index in [0.717, 1.165) is 0 Å². The monoisotopic (exact) mass is 129 g/mol. The molecule has 0 radical (unpaired) electrons. The molecule has 0 aromatic rings. The molecule has 0 aromatic carbocycles. The standard InChI is InChI=1S/C6H11NO2/c1-3-9-4-6(2)7-5-8/h6H,3-4H2,1-2H3/t6-/m0/s1. The fraction of sp³-hybridized carbons (Fsp3) is 0.833. The van der Waals surface area contributed by atoms with Crippen LogP contribution >= 0.6 is 0 Å². The lowest BCUT2D eigenvalue weighted by atomic mass is 10.4. The van der Waals surface area contributed by atoms with Crippen LogP contribution in [0.4, 0.5) is 0 Å². The molecule has 1 atom stereocenters. The zero-order valence-corrected chi connectivity index (χ0v) is 5.76. The van der Waals surface area contributed by atoms with E-state index in [1.807, 2.05) is 6.92 Å². The minimum Gasteiger partial charge on any atom is -0.379 e. The Bertz CT molecular complexity index is 108. The normalized spacial score (nSPS) is 12.2. The summed E-state index contributed by atoms with van der Waals surface area (Å²) >= 11 is 0. The molecule has 0 heterocycles. The lowest BCUT2D eigenvalue weighted by Crippen LogP contribution is -2.08. The molecular weight excluding hydrogens is 118 g/mol. The third-order valence-corrected chi connectivity index (χ3v) is 0.836. The van der Waals surface area contributed by atoms with Gasteiger partial charge in [0.15, 0.2) is 0 Å². The Morgan fingerprint density at radius 3 is 2.89 bits per heavy atom. The van der Waals surface area contributed by atoms with E-state index in [2.05, 4.69) is 4.99 Å². The molecule has 0 saturated heterocycles. The Labute approximate surface area is 54.7 Å². The molecule has 0 bridgehead atoms. The molecule has 0 aromatic heterocycles. The molecule has 0 fully saturated rings. The second kappa shape index (κ2) is 5.48. The van der Waals surface area contributed by atoms with Gasteiger partial charge in [-0.3, -0.25) is 0 Å². The molecule has 9 heavy (non-hydrogen) atoms. The summed E-state index contributed by atoms with van der Waals surface area (Å²) in [7, 11) is 0. The summed E-state index contributed by atoms with van der Waals surface area (Å²) in [6.45, 7) is 4.88. The molecule has 0 N–H and O–H groups in total. The number of nitrogens with zero attached hydrogens (tertiary/aromatic N) is 1.